The Morgan fingerprint density at radius 1 is 1.19 bits per heavy atom. The van der Waals surface area contributed by atoms with Crippen molar-refractivity contribution in [2.45, 2.75) is 11.8 Å². The Morgan fingerprint density at radius 3 is 2.81 bits per heavy atom. The van der Waals surface area contributed by atoms with E-state index in [-0.39, 0.29) is 11.5 Å². The molecule has 5 heteroatoms. The highest BCUT2D eigenvalue weighted by Crippen LogP contribution is 2.32. The maximum atomic E-state index is 13.8. The van der Waals surface area contributed by atoms with Crippen molar-refractivity contribution in [1.82, 2.24) is 5.32 Å². The predicted octanol–water partition coefficient (Wildman–Crippen LogP) is 3.58. The van der Waals surface area contributed by atoms with E-state index >= 15 is 0 Å². The summed E-state index contributed by atoms with van der Waals surface area (Å²) in [4.78, 5) is 11.8. The fraction of sp³-hybridized carbons (Fsp3) is 0.188. The second-order valence-corrected chi connectivity index (χ2v) is 5.36. The van der Waals surface area contributed by atoms with Crippen molar-refractivity contribution in [3.63, 3.8) is 0 Å². The van der Waals surface area contributed by atoms with Crippen molar-refractivity contribution in [3.8, 4) is 0 Å². The van der Waals surface area contributed by atoms with Crippen LogP contribution in [0, 0.1) is 11.6 Å². The van der Waals surface area contributed by atoms with Crippen LogP contribution >= 0.6 is 11.6 Å². The van der Waals surface area contributed by atoms with E-state index in [0.29, 0.717) is 17.7 Å². The number of amides is 1. The van der Waals surface area contributed by atoms with E-state index in [1.807, 2.05) is 6.07 Å². The number of nitrogens with one attached hydrogen (secondary N) is 1. The molecule has 0 saturated carbocycles. The van der Waals surface area contributed by atoms with Crippen LogP contribution in [0.1, 0.15) is 32.4 Å². The van der Waals surface area contributed by atoms with E-state index in [9.17, 15) is 13.6 Å². The molecule has 21 heavy (non-hydrogen) atoms. The zero-order chi connectivity index (χ0) is 15.0. The number of benzene rings is 2. The second kappa shape index (κ2) is 5.45. The lowest BCUT2D eigenvalue weighted by Gasteiger charge is -2.19. The Hall–Kier alpha value is -1.94. The third-order valence-corrected chi connectivity index (χ3v) is 4.09. The largest absolute Gasteiger partial charge is 0.352 e. The minimum absolute atomic E-state index is 0.0628. The molecule has 1 aliphatic heterocycles. The van der Waals surface area contributed by atoms with Crippen molar-refractivity contribution in [2.75, 3.05) is 6.54 Å². The number of fused-ring (bicyclic) bond motifs is 1. The van der Waals surface area contributed by atoms with Crippen LogP contribution in [-0.2, 0) is 6.42 Å². The van der Waals surface area contributed by atoms with Gasteiger partial charge < -0.3 is 5.32 Å². The number of halogens is 3. The molecule has 0 saturated heterocycles. The molecule has 1 N–H and O–H groups in total. The van der Waals surface area contributed by atoms with Crippen LogP contribution in [0.3, 0.4) is 0 Å². The van der Waals surface area contributed by atoms with Crippen LogP contribution < -0.4 is 5.32 Å². The van der Waals surface area contributed by atoms with E-state index < -0.39 is 17.0 Å². The maximum absolute atomic E-state index is 13.8. The van der Waals surface area contributed by atoms with E-state index in [1.165, 1.54) is 12.1 Å². The molecule has 0 aliphatic carbocycles. The molecule has 108 valence electrons. The lowest BCUT2D eigenvalue weighted by atomic mass is 9.95. The fourth-order valence-corrected chi connectivity index (χ4v) is 2.79. The monoisotopic (exact) mass is 307 g/mol. The number of carbonyl (C=O) groups is 1. The van der Waals surface area contributed by atoms with Gasteiger partial charge in [0.05, 0.1) is 5.38 Å². The highest BCUT2D eigenvalue weighted by molar-refractivity contribution is 6.22. The number of alkyl halides is 1. The van der Waals surface area contributed by atoms with Crippen LogP contribution in [0.5, 0.6) is 0 Å². The van der Waals surface area contributed by atoms with Crippen LogP contribution in [0.25, 0.3) is 0 Å². The molecular formula is C16H12ClF2NO. The number of rotatable bonds is 2. The van der Waals surface area contributed by atoms with Crippen molar-refractivity contribution in [1.29, 1.82) is 0 Å². The van der Waals surface area contributed by atoms with Crippen molar-refractivity contribution in [2.24, 2.45) is 0 Å². The Bertz CT molecular complexity index is 717. The molecule has 3 rings (SSSR count). The van der Waals surface area contributed by atoms with E-state index in [4.69, 9.17) is 11.6 Å². The molecule has 0 fully saturated rings. The topological polar surface area (TPSA) is 29.1 Å². The molecule has 0 bridgehead atoms. The maximum Gasteiger partial charge on any atom is 0.251 e. The molecular weight excluding hydrogens is 296 g/mol. The van der Waals surface area contributed by atoms with E-state index in [2.05, 4.69) is 5.32 Å². The van der Waals surface area contributed by atoms with Crippen LogP contribution in [0.2, 0.25) is 0 Å². The highest BCUT2D eigenvalue weighted by atomic mass is 35.5. The van der Waals surface area contributed by atoms with Crippen molar-refractivity contribution in [3.05, 3.63) is 70.3 Å². The number of carbonyl (C=O) groups excluding carboxylic acids is 1. The molecule has 1 atom stereocenters. The number of hydrogen-bond donors (Lipinski definition) is 1. The zero-order valence-corrected chi connectivity index (χ0v) is 11.8. The van der Waals surface area contributed by atoms with Gasteiger partial charge in [-0.05, 0) is 29.7 Å². The molecule has 1 amide bonds. The molecule has 0 aromatic heterocycles. The molecule has 2 aromatic carbocycles. The smallest absolute Gasteiger partial charge is 0.251 e. The summed E-state index contributed by atoms with van der Waals surface area (Å²) in [5, 5.41) is 1.90. The Morgan fingerprint density at radius 2 is 2.00 bits per heavy atom. The summed E-state index contributed by atoms with van der Waals surface area (Å²) in [7, 11) is 0. The first-order chi connectivity index (χ1) is 10.1. The van der Waals surface area contributed by atoms with Gasteiger partial charge in [-0.15, -0.1) is 11.6 Å². The number of hydrogen-bond acceptors (Lipinski definition) is 1. The quantitative estimate of drug-likeness (QED) is 0.844. The molecule has 1 aliphatic rings. The summed E-state index contributed by atoms with van der Waals surface area (Å²) in [6, 6.07) is 9.11. The summed E-state index contributed by atoms with van der Waals surface area (Å²) in [6.45, 7) is 0.605. The normalized spacial score (nSPS) is 15.3. The Labute approximate surface area is 125 Å². The van der Waals surface area contributed by atoms with Gasteiger partial charge in [0.2, 0.25) is 0 Å². The van der Waals surface area contributed by atoms with Gasteiger partial charge in [-0.25, -0.2) is 8.78 Å². The molecule has 2 nitrogen and oxygen atoms in total. The molecule has 0 spiro atoms. The molecule has 1 unspecified atom stereocenters. The zero-order valence-electron chi connectivity index (χ0n) is 11.0. The summed E-state index contributed by atoms with van der Waals surface area (Å²) >= 11 is 6.26. The highest BCUT2D eigenvalue weighted by Gasteiger charge is 2.22. The third-order valence-electron chi connectivity index (χ3n) is 3.61. The SMILES string of the molecule is O=C1NCCc2ccc(C(Cl)c3cccc(F)c3F)cc21. The van der Waals surface area contributed by atoms with Crippen LogP contribution in [-0.4, -0.2) is 12.5 Å². The van der Waals surface area contributed by atoms with E-state index in [1.54, 1.807) is 12.1 Å². The van der Waals surface area contributed by atoms with Gasteiger partial charge in [0.15, 0.2) is 11.6 Å². The predicted molar refractivity (Wildman–Crippen MR) is 76.5 cm³/mol. The molecule has 1 heterocycles. The minimum Gasteiger partial charge on any atom is -0.352 e. The van der Waals surface area contributed by atoms with Crippen LogP contribution in [0.4, 0.5) is 8.78 Å². The van der Waals surface area contributed by atoms with Gasteiger partial charge >= 0.3 is 0 Å². The summed E-state index contributed by atoms with van der Waals surface area (Å²) in [5.41, 5.74) is 2.11. The lowest BCUT2D eigenvalue weighted by molar-refractivity contribution is 0.0946. The molecule has 2 aromatic rings. The lowest BCUT2D eigenvalue weighted by Crippen LogP contribution is -2.31. The third kappa shape index (κ3) is 2.51. The Balaban J connectivity index is 2.02. The summed E-state index contributed by atoms with van der Waals surface area (Å²) in [5.74, 6) is -2.06. The van der Waals surface area contributed by atoms with E-state index in [0.717, 1.165) is 18.1 Å². The average molecular weight is 308 g/mol. The van der Waals surface area contributed by atoms with Crippen molar-refractivity contribution >= 4 is 17.5 Å². The first-order valence-corrected chi connectivity index (χ1v) is 7.00. The second-order valence-electron chi connectivity index (χ2n) is 4.93. The minimum atomic E-state index is -0.959. The van der Waals surface area contributed by atoms with Gasteiger partial charge in [0.25, 0.3) is 5.91 Å². The van der Waals surface area contributed by atoms with Gasteiger partial charge in [-0.3, -0.25) is 4.79 Å². The average Bonchev–Trinajstić information content (AvgIpc) is 2.49. The summed E-state index contributed by atoms with van der Waals surface area (Å²) in [6.07, 6.45) is 0.753. The summed E-state index contributed by atoms with van der Waals surface area (Å²) < 4.78 is 27.1. The fourth-order valence-electron chi connectivity index (χ4n) is 2.48. The molecule has 0 radical (unpaired) electrons. The van der Waals surface area contributed by atoms with Crippen molar-refractivity contribution < 1.29 is 13.6 Å². The first-order valence-electron chi connectivity index (χ1n) is 6.57. The standard InChI is InChI=1S/C16H12ClF2NO/c17-14(11-2-1-3-13(18)15(11)19)10-5-4-9-6-7-20-16(21)12(9)8-10/h1-5,8,14H,6-7H2,(H,20,21). The first kappa shape index (κ1) is 14.0. The van der Waals surface area contributed by atoms with Gasteiger partial charge in [0, 0.05) is 17.7 Å². The van der Waals surface area contributed by atoms with Gasteiger partial charge in [0.1, 0.15) is 0 Å². The van der Waals surface area contributed by atoms with Gasteiger partial charge in [-0.1, -0.05) is 24.3 Å². The Kier molecular flexibility index (Phi) is 3.64. The van der Waals surface area contributed by atoms with Gasteiger partial charge in [-0.2, -0.15) is 0 Å². The van der Waals surface area contributed by atoms with Crippen LogP contribution in [0.15, 0.2) is 36.4 Å².